The lowest BCUT2D eigenvalue weighted by atomic mass is 9.99. The van der Waals surface area contributed by atoms with Gasteiger partial charge in [-0.05, 0) is 36.1 Å². The van der Waals surface area contributed by atoms with Crippen molar-refractivity contribution >= 4 is 23.2 Å². The highest BCUT2D eigenvalue weighted by Gasteiger charge is 2.24. The molecule has 114 valence electrons. The van der Waals surface area contributed by atoms with Gasteiger partial charge in [0.15, 0.2) is 0 Å². The molecule has 1 N–H and O–H groups in total. The van der Waals surface area contributed by atoms with Crippen molar-refractivity contribution < 1.29 is 14.3 Å². The maximum absolute atomic E-state index is 12.1. The summed E-state index contributed by atoms with van der Waals surface area (Å²) in [4.78, 5) is 25.5. The molecule has 0 saturated carbocycles. The molecular weight excluding hydrogens is 268 g/mol. The number of carbonyl (C=O) groups excluding carboxylic acids is 2. The first kappa shape index (κ1) is 15.5. The van der Waals surface area contributed by atoms with Gasteiger partial charge in [-0.1, -0.05) is 13.8 Å². The Bertz CT molecular complexity index is 540. The van der Waals surface area contributed by atoms with E-state index in [2.05, 4.69) is 19.2 Å². The third-order valence-corrected chi connectivity index (χ3v) is 3.39. The summed E-state index contributed by atoms with van der Waals surface area (Å²) in [5.74, 6) is 0.414. The molecule has 2 rings (SSSR count). The molecule has 0 saturated heterocycles. The van der Waals surface area contributed by atoms with E-state index < -0.39 is 0 Å². The van der Waals surface area contributed by atoms with Crippen LogP contribution in [0.3, 0.4) is 0 Å². The van der Waals surface area contributed by atoms with Gasteiger partial charge in [0.05, 0.1) is 0 Å². The number of nitrogens with one attached hydrogen (secondary N) is 1. The number of hydrogen-bond acceptors (Lipinski definition) is 3. The van der Waals surface area contributed by atoms with Gasteiger partial charge in [-0.25, -0.2) is 0 Å². The zero-order valence-electron chi connectivity index (χ0n) is 12.8. The summed E-state index contributed by atoms with van der Waals surface area (Å²) in [7, 11) is 1.49. The zero-order chi connectivity index (χ0) is 15.4. The average Bonchev–Trinajstić information content (AvgIpc) is 2.42. The van der Waals surface area contributed by atoms with Gasteiger partial charge in [0.25, 0.3) is 0 Å². The van der Waals surface area contributed by atoms with Crippen LogP contribution in [0.1, 0.15) is 25.8 Å². The van der Waals surface area contributed by atoms with E-state index in [-0.39, 0.29) is 18.4 Å². The summed E-state index contributed by atoms with van der Waals surface area (Å²) in [6.07, 6.45) is 1.24. The Kier molecular flexibility index (Phi) is 4.96. The van der Waals surface area contributed by atoms with Gasteiger partial charge in [0.2, 0.25) is 11.8 Å². The standard InChI is InChI=1S/C16H22N2O3/c1-11(2)9-18-14-6-5-13(17-15(19)10-21-3)8-12(14)4-7-16(18)20/h5-6,8,11H,4,7,9-10H2,1-3H3,(H,17,19). The second kappa shape index (κ2) is 6.72. The number of hydrogen-bond donors (Lipinski definition) is 1. The molecule has 1 aliphatic rings. The van der Waals surface area contributed by atoms with E-state index in [0.29, 0.717) is 12.3 Å². The number of anilines is 2. The molecule has 1 aliphatic heterocycles. The molecule has 0 atom stereocenters. The minimum atomic E-state index is -0.177. The van der Waals surface area contributed by atoms with E-state index in [1.165, 1.54) is 7.11 Å². The van der Waals surface area contributed by atoms with Crippen LogP contribution < -0.4 is 10.2 Å². The first-order valence-electron chi connectivity index (χ1n) is 7.23. The van der Waals surface area contributed by atoms with Crippen LogP contribution in [0, 0.1) is 5.92 Å². The molecule has 0 unspecified atom stereocenters. The molecule has 0 radical (unpaired) electrons. The first-order chi connectivity index (χ1) is 10.0. The van der Waals surface area contributed by atoms with Gasteiger partial charge < -0.3 is 15.0 Å². The van der Waals surface area contributed by atoms with Gasteiger partial charge in [-0.2, -0.15) is 0 Å². The highest BCUT2D eigenvalue weighted by Crippen LogP contribution is 2.30. The molecule has 21 heavy (non-hydrogen) atoms. The van der Waals surface area contributed by atoms with Crippen molar-refractivity contribution in [1.29, 1.82) is 0 Å². The fraction of sp³-hybridized carbons (Fsp3) is 0.500. The van der Waals surface area contributed by atoms with Crippen LogP contribution in [-0.2, 0) is 20.7 Å². The summed E-state index contributed by atoms with van der Waals surface area (Å²) in [5.41, 5.74) is 2.81. The number of nitrogens with zero attached hydrogens (tertiary/aromatic N) is 1. The normalized spacial score (nSPS) is 14.3. The summed E-state index contributed by atoms with van der Waals surface area (Å²) < 4.78 is 4.80. The Labute approximate surface area is 125 Å². The topological polar surface area (TPSA) is 58.6 Å². The molecular formula is C16H22N2O3. The lowest BCUT2D eigenvalue weighted by molar-refractivity contribution is -0.120. The molecule has 2 amide bonds. The fourth-order valence-electron chi connectivity index (χ4n) is 2.53. The Hall–Kier alpha value is -1.88. The van der Waals surface area contributed by atoms with Crippen molar-refractivity contribution in [3.63, 3.8) is 0 Å². The van der Waals surface area contributed by atoms with E-state index in [0.717, 1.165) is 29.9 Å². The van der Waals surface area contributed by atoms with Crippen molar-refractivity contribution in [2.75, 3.05) is 30.5 Å². The Morgan fingerprint density at radius 3 is 2.81 bits per heavy atom. The Morgan fingerprint density at radius 1 is 1.38 bits per heavy atom. The summed E-state index contributed by atoms with van der Waals surface area (Å²) in [6, 6.07) is 5.69. The van der Waals surface area contributed by atoms with Crippen molar-refractivity contribution in [2.45, 2.75) is 26.7 Å². The van der Waals surface area contributed by atoms with E-state index >= 15 is 0 Å². The van der Waals surface area contributed by atoms with Crippen LogP contribution in [0.25, 0.3) is 0 Å². The average molecular weight is 290 g/mol. The van der Waals surface area contributed by atoms with Gasteiger partial charge in [-0.3, -0.25) is 9.59 Å². The number of amides is 2. The Balaban J connectivity index is 2.20. The molecule has 1 aromatic rings. The lowest BCUT2D eigenvalue weighted by Crippen LogP contribution is -2.37. The van der Waals surface area contributed by atoms with Crippen molar-refractivity contribution in [3.8, 4) is 0 Å². The van der Waals surface area contributed by atoms with Gasteiger partial charge >= 0.3 is 0 Å². The van der Waals surface area contributed by atoms with E-state index in [4.69, 9.17) is 4.74 Å². The number of ether oxygens (including phenoxy) is 1. The van der Waals surface area contributed by atoms with E-state index in [9.17, 15) is 9.59 Å². The van der Waals surface area contributed by atoms with Gasteiger partial charge in [0, 0.05) is 31.5 Å². The smallest absolute Gasteiger partial charge is 0.250 e. The van der Waals surface area contributed by atoms with E-state index in [1.807, 2.05) is 23.1 Å². The predicted molar refractivity (Wildman–Crippen MR) is 82.5 cm³/mol. The van der Waals surface area contributed by atoms with Crippen LogP contribution in [-0.4, -0.2) is 32.1 Å². The third-order valence-electron chi connectivity index (χ3n) is 3.39. The highest BCUT2D eigenvalue weighted by molar-refractivity contribution is 5.97. The molecule has 1 heterocycles. The minimum Gasteiger partial charge on any atom is -0.375 e. The van der Waals surface area contributed by atoms with Crippen LogP contribution in [0.4, 0.5) is 11.4 Å². The predicted octanol–water partition coefficient (Wildman–Crippen LogP) is 2.21. The number of aryl methyl sites for hydroxylation is 1. The number of benzene rings is 1. The maximum atomic E-state index is 12.1. The van der Waals surface area contributed by atoms with Crippen LogP contribution in [0.15, 0.2) is 18.2 Å². The molecule has 0 aromatic heterocycles. The molecule has 5 heteroatoms. The van der Waals surface area contributed by atoms with Crippen molar-refractivity contribution in [2.24, 2.45) is 5.92 Å². The SMILES string of the molecule is COCC(=O)Nc1ccc2c(c1)CCC(=O)N2CC(C)C. The number of carbonyl (C=O) groups is 2. The molecule has 1 aromatic carbocycles. The molecule has 5 nitrogen and oxygen atoms in total. The van der Waals surface area contributed by atoms with Gasteiger partial charge in [0.1, 0.15) is 6.61 Å². The molecule has 0 spiro atoms. The van der Waals surface area contributed by atoms with Crippen molar-refractivity contribution in [3.05, 3.63) is 23.8 Å². The number of rotatable bonds is 5. The van der Waals surface area contributed by atoms with Crippen LogP contribution in [0.5, 0.6) is 0 Å². The van der Waals surface area contributed by atoms with E-state index in [1.54, 1.807) is 0 Å². The second-order valence-corrected chi connectivity index (χ2v) is 5.72. The highest BCUT2D eigenvalue weighted by atomic mass is 16.5. The maximum Gasteiger partial charge on any atom is 0.250 e. The van der Waals surface area contributed by atoms with Crippen LogP contribution >= 0.6 is 0 Å². The first-order valence-corrected chi connectivity index (χ1v) is 7.23. The largest absolute Gasteiger partial charge is 0.375 e. The summed E-state index contributed by atoms with van der Waals surface area (Å²) in [6.45, 7) is 4.96. The summed E-state index contributed by atoms with van der Waals surface area (Å²) >= 11 is 0. The second-order valence-electron chi connectivity index (χ2n) is 5.72. The van der Waals surface area contributed by atoms with Gasteiger partial charge in [-0.15, -0.1) is 0 Å². The lowest BCUT2D eigenvalue weighted by Gasteiger charge is -2.31. The fourth-order valence-corrected chi connectivity index (χ4v) is 2.53. The summed E-state index contributed by atoms with van der Waals surface area (Å²) in [5, 5.41) is 2.79. The number of fused-ring (bicyclic) bond motifs is 1. The minimum absolute atomic E-state index is 0.0368. The molecule has 0 fully saturated rings. The van der Waals surface area contributed by atoms with Crippen molar-refractivity contribution in [1.82, 2.24) is 0 Å². The Morgan fingerprint density at radius 2 is 2.14 bits per heavy atom. The molecule has 0 aliphatic carbocycles. The molecule has 0 bridgehead atoms. The van der Waals surface area contributed by atoms with Crippen LogP contribution in [0.2, 0.25) is 0 Å². The number of methoxy groups -OCH3 is 1. The zero-order valence-corrected chi connectivity index (χ0v) is 12.8. The monoisotopic (exact) mass is 290 g/mol. The third kappa shape index (κ3) is 3.82. The quantitative estimate of drug-likeness (QED) is 0.904.